The molecule has 2 aromatic heterocycles. The molecule has 0 aliphatic heterocycles. The summed E-state index contributed by atoms with van der Waals surface area (Å²) in [5.74, 6) is 6.71. The number of pyridine rings is 1. The first-order valence-electron chi connectivity index (χ1n) is 10.1. The Bertz CT molecular complexity index is 1300. The van der Waals surface area contributed by atoms with Crippen LogP contribution in [0.1, 0.15) is 36.1 Å². The normalized spacial score (nSPS) is 11.4. The lowest BCUT2D eigenvalue weighted by molar-refractivity contribution is 0.301. The van der Waals surface area contributed by atoms with Crippen LogP contribution in [0.2, 0.25) is 0 Å². The first-order chi connectivity index (χ1) is 15.2. The van der Waals surface area contributed by atoms with Crippen LogP contribution in [-0.2, 0) is 6.61 Å². The zero-order valence-electron chi connectivity index (χ0n) is 17.6. The average Bonchev–Trinajstić information content (AvgIpc) is 3.21. The molecule has 0 radical (unpaired) electrons. The number of nitrogens with zero attached hydrogens (tertiary/aromatic N) is 2. The van der Waals surface area contributed by atoms with E-state index in [1.165, 1.54) is 21.4 Å². The molecule has 0 N–H and O–H groups in total. The number of aromatic nitrogens is 1. The van der Waals surface area contributed by atoms with Crippen molar-refractivity contribution in [2.45, 2.75) is 32.8 Å². The monoisotopic (exact) mass is 422 g/mol. The van der Waals surface area contributed by atoms with Crippen molar-refractivity contribution in [1.82, 2.24) is 4.98 Å². The molecule has 31 heavy (non-hydrogen) atoms. The second kappa shape index (κ2) is 9.47. The fraction of sp³-hybridized carbons (Fsp3) is 0.185. The van der Waals surface area contributed by atoms with E-state index in [2.05, 4.69) is 60.5 Å². The molecular formula is C27H22N2OS. The van der Waals surface area contributed by atoms with E-state index in [0.717, 1.165) is 22.5 Å². The average molecular weight is 423 g/mol. The maximum Gasteiger partial charge on any atom is 0.130 e. The van der Waals surface area contributed by atoms with Crippen LogP contribution in [0.25, 0.3) is 21.3 Å². The minimum Gasteiger partial charge on any atom is -0.487 e. The minimum atomic E-state index is -0.0634. The van der Waals surface area contributed by atoms with Gasteiger partial charge in [0, 0.05) is 10.9 Å². The van der Waals surface area contributed by atoms with E-state index in [-0.39, 0.29) is 5.92 Å². The summed E-state index contributed by atoms with van der Waals surface area (Å²) < 4.78 is 7.15. The molecule has 0 amide bonds. The molecule has 0 aliphatic carbocycles. The van der Waals surface area contributed by atoms with Crippen LogP contribution in [0.15, 0.2) is 66.0 Å². The van der Waals surface area contributed by atoms with Crippen molar-refractivity contribution in [3.8, 4) is 34.8 Å². The molecule has 0 aliphatic rings. The van der Waals surface area contributed by atoms with Crippen molar-refractivity contribution in [1.29, 1.82) is 5.26 Å². The molecule has 0 saturated carbocycles. The Labute approximate surface area is 187 Å². The topological polar surface area (TPSA) is 45.9 Å². The Hall–Kier alpha value is -3.60. The van der Waals surface area contributed by atoms with E-state index in [0.29, 0.717) is 13.0 Å². The van der Waals surface area contributed by atoms with Gasteiger partial charge >= 0.3 is 0 Å². The molecule has 0 spiro atoms. The molecule has 4 aromatic rings. The molecule has 2 heterocycles. The third-order valence-electron chi connectivity index (χ3n) is 5.19. The van der Waals surface area contributed by atoms with Crippen LogP contribution < -0.4 is 4.74 Å². The Morgan fingerprint density at radius 2 is 1.84 bits per heavy atom. The molecular weight excluding hydrogens is 400 g/mol. The highest BCUT2D eigenvalue weighted by molar-refractivity contribution is 7.17. The predicted molar refractivity (Wildman–Crippen MR) is 127 cm³/mol. The van der Waals surface area contributed by atoms with Gasteiger partial charge in [-0.25, -0.2) is 4.98 Å². The Balaban J connectivity index is 1.52. The van der Waals surface area contributed by atoms with Crippen LogP contribution in [-0.4, -0.2) is 4.98 Å². The van der Waals surface area contributed by atoms with Crippen molar-refractivity contribution in [3.63, 3.8) is 0 Å². The molecule has 2 aromatic carbocycles. The molecule has 0 bridgehead atoms. The van der Waals surface area contributed by atoms with E-state index in [9.17, 15) is 0 Å². The van der Waals surface area contributed by atoms with Crippen LogP contribution in [0, 0.1) is 30.1 Å². The number of aryl methyl sites for hydroxylation is 1. The van der Waals surface area contributed by atoms with Crippen LogP contribution in [0.3, 0.4) is 0 Å². The van der Waals surface area contributed by atoms with E-state index < -0.39 is 0 Å². The number of rotatable bonds is 6. The summed E-state index contributed by atoms with van der Waals surface area (Å²) in [6.07, 6.45) is 0.384. The van der Waals surface area contributed by atoms with Crippen LogP contribution in [0.4, 0.5) is 0 Å². The van der Waals surface area contributed by atoms with Crippen molar-refractivity contribution in [2.75, 3.05) is 0 Å². The fourth-order valence-corrected chi connectivity index (χ4v) is 4.47. The van der Waals surface area contributed by atoms with Crippen molar-refractivity contribution < 1.29 is 4.74 Å². The first-order valence-corrected chi connectivity index (χ1v) is 11.0. The van der Waals surface area contributed by atoms with E-state index in [1.54, 1.807) is 18.3 Å². The zero-order valence-corrected chi connectivity index (χ0v) is 18.4. The van der Waals surface area contributed by atoms with Crippen molar-refractivity contribution in [2.24, 2.45) is 0 Å². The number of fused-ring (bicyclic) bond motifs is 1. The molecule has 0 saturated heterocycles. The Kier molecular flexibility index (Phi) is 6.32. The highest BCUT2D eigenvalue weighted by atomic mass is 32.1. The summed E-state index contributed by atoms with van der Waals surface area (Å²) in [6.45, 7) is 4.32. The Morgan fingerprint density at radius 3 is 2.58 bits per heavy atom. The lowest BCUT2D eigenvalue weighted by atomic mass is 9.97. The molecule has 4 rings (SSSR count). The minimum absolute atomic E-state index is 0.0634. The van der Waals surface area contributed by atoms with Gasteiger partial charge in [-0.1, -0.05) is 42.3 Å². The van der Waals surface area contributed by atoms with Gasteiger partial charge < -0.3 is 4.74 Å². The fourth-order valence-electron chi connectivity index (χ4n) is 3.57. The third kappa shape index (κ3) is 4.61. The predicted octanol–water partition coefficient (Wildman–Crippen LogP) is 6.87. The number of thiophene rings is 1. The number of hydrogen-bond acceptors (Lipinski definition) is 4. The molecule has 3 nitrogen and oxygen atoms in total. The second-order valence-corrected chi connectivity index (χ2v) is 8.19. The molecule has 1 atom stereocenters. The smallest absolute Gasteiger partial charge is 0.130 e. The number of ether oxygens (including phenoxy) is 1. The lowest BCUT2D eigenvalue weighted by Crippen LogP contribution is -1.99. The van der Waals surface area contributed by atoms with Gasteiger partial charge in [-0.3, -0.25) is 0 Å². The van der Waals surface area contributed by atoms with Crippen molar-refractivity contribution in [3.05, 3.63) is 82.9 Å². The van der Waals surface area contributed by atoms with Gasteiger partial charge in [0.05, 0.1) is 34.3 Å². The van der Waals surface area contributed by atoms with E-state index >= 15 is 0 Å². The maximum atomic E-state index is 9.01. The largest absolute Gasteiger partial charge is 0.487 e. The van der Waals surface area contributed by atoms with Gasteiger partial charge in [0.2, 0.25) is 0 Å². The van der Waals surface area contributed by atoms with Crippen LogP contribution >= 0.6 is 11.3 Å². The number of benzene rings is 2. The summed E-state index contributed by atoms with van der Waals surface area (Å²) in [7, 11) is 0. The van der Waals surface area contributed by atoms with Gasteiger partial charge in [-0.05, 0) is 54.8 Å². The van der Waals surface area contributed by atoms with Gasteiger partial charge in [0.25, 0.3) is 0 Å². The van der Waals surface area contributed by atoms with E-state index in [1.807, 2.05) is 30.3 Å². The molecule has 0 fully saturated rings. The highest BCUT2D eigenvalue weighted by Gasteiger charge is 2.11. The summed E-state index contributed by atoms with van der Waals surface area (Å²) in [5.41, 5.74) is 6.58. The second-order valence-electron chi connectivity index (χ2n) is 7.28. The van der Waals surface area contributed by atoms with Crippen LogP contribution in [0.5, 0.6) is 5.75 Å². The SMILES string of the molecule is CC#C[C@@H](CC#N)c1ccc(OCc2ccc3scc(-c4ccccc4C)c3n2)cc1. The number of nitriles is 1. The standard InChI is InChI=1S/C27H22N2OS/c1-3-6-20(15-16-28)21-9-12-23(13-10-21)30-17-22-11-14-26-27(29-22)25(18-31-26)24-8-5-4-7-19(24)2/h4-5,7-14,18,20H,15,17H2,1-2H3/t20-/m0/s1. The summed E-state index contributed by atoms with van der Waals surface area (Å²) >= 11 is 1.72. The quantitative estimate of drug-likeness (QED) is 0.318. The van der Waals surface area contributed by atoms with Gasteiger partial charge in [-0.15, -0.1) is 17.3 Å². The van der Waals surface area contributed by atoms with Crippen molar-refractivity contribution >= 4 is 21.6 Å². The first kappa shape index (κ1) is 20.7. The third-order valence-corrected chi connectivity index (χ3v) is 6.13. The summed E-state index contributed by atoms with van der Waals surface area (Å²) in [5, 5.41) is 11.2. The van der Waals surface area contributed by atoms with Gasteiger partial charge in [0.15, 0.2) is 0 Å². The zero-order chi connectivity index (χ0) is 21.6. The number of hydrogen-bond donors (Lipinski definition) is 0. The maximum absolute atomic E-state index is 9.01. The Morgan fingerprint density at radius 1 is 1.03 bits per heavy atom. The summed E-state index contributed by atoms with van der Waals surface area (Å²) in [4.78, 5) is 4.89. The lowest BCUT2D eigenvalue weighted by Gasteiger charge is -2.10. The molecule has 0 unspecified atom stereocenters. The molecule has 4 heteroatoms. The summed E-state index contributed by atoms with van der Waals surface area (Å²) in [6, 6.07) is 22.6. The van der Waals surface area contributed by atoms with Gasteiger partial charge in [0.1, 0.15) is 12.4 Å². The van der Waals surface area contributed by atoms with Gasteiger partial charge in [-0.2, -0.15) is 5.26 Å². The highest BCUT2D eigenvalue weighted by Crippen LogP contribution is 2.34. The van der Waals surface area contributed by atoms with E-state index in [4.69, 9.17) is 15.0 Å². The molecule has 152 valence electrons.